The Morgan fingerprint density at radius 3 is 1.75 bits per heavy atom. The van der Waals surface area contributed by atoms with Crippen molar-refractivity contribution in [3.63, 3.8) is 0 Å². The zero-order chi connectivity index (χ0) is 41.9. The van der Waals surface area contributed by atoms with Crippen LogP contribution in [0.2, 0.25) is 0 Å². The molecule has 8 aromatic carbocycles. The third-order valence-electron chi connectivity index (χ3n) is 11.8. The first-order valence-electron chi connectivity index (χ1n) is 21.2. The Kier molecular flexibility index (Phi) is 10.4. The van der Waals surface area contributed by atoms with E-state index in [1.807, 2.05) is 78.9 Å². The van der Waals surface area contributed by atoms with Gasteiger partial charge >= 0.3 is 0 Å². The van der Waals surface area contributed by atoms with E-state index in [0.29, 0.717) is 11.8 Å². The summed E-state index contributed by atoms with van der Waals surface area (Å²) in [6.07, 6.45) is 0. The minimum Gasteiger partial charge on any atom is -0.501 e. The van der Waals surface area contributed by atoms with Crippen molar-refractivity contribution < 1.29 is 28.9 Å². The van der Waals surface area contributed by atoms with E-state index >= 15 is 0 Å². The van der Waals surface area contributed by atoms with Crippen LogP contribution < -0.4 is 0 Å². The zero-order valence-electron chi connectivity index (χ0n) is 35.3. The Balaban J connectivity index is 0.000000153. The molecule has 7 heteroatoms. The minimum atomic E-state index is 0. The van der Waals surface area contributed by atoms with Crippen LogP contribution in [0.15, 0.2) is 179 Å². The van der Waals surface area contributed by atoms with E-state index in [0.717, 1.165) is 94.4 Å². The molecular weight excluding hydrogens is 953 g/mol. The molecule has 0 amide bonds. The van der Waals surface area contributed by atoms with Crippen LogP contribution in [0.3, 0.4) is 0 Å². The first kappa shape index (κ1) is 40.0. The Bertz CT molecular complexity index is 3580. The number of para-hydroxylation sites is 7. The molecule has 0 bridgehead atoms. The molecule has 63 heavy (non-hydrogen) atoms. The fraction of sp³-hybridized carbons (Fsp3) is 0.107. The first-order valence-corrected chi connectivity index (χ1v) is 21.2. The van der Waals surface area contributed by atoms with Crippen molar-refractivity contribution >= 4 is 65.9 Å². The molecule has 6 nitrogen and oxygen atoms in total. The molecule has 0 N–H and O–H groups in total. The van der Waals surface area contributed by atoms with Gasteiger partial charge in [0.05, 0.1) is 39.3 Å². The largest absolute Gasteiger partial charge is 0.501 e. The van der Waals surface area contributed by atoms with Crippen LogP contribution in [-0.4, -0.2) is 19.1 Å². The van der Waals surface area contributed by atoms with Gasteiger partial charge in [-0.15, -0.1) is 54.1 Å². The van der Waals surface area contributed by atoms with Crippen molar-refractivity contribution in [2.75, 3.05) is 0 Å². The topological polar surface area (TPSA) is 61.9 Å². The molecule has 0 aliphatic carbocycles. The van der Waals surface area contributed by atoms with Crippen molar-refractivity contribution in [3.05, 3.63) is 193 Å². The summed E-state index contributed by atoms with van der Waals surface area (Å²) in [5.41, 5.74) is 14.2. The second-order valence-electron chi connectivity index (χ2n) is 16.4. The summed E-state index contributed by atoms with van der Waals surface area (Å²) in [6, 6.07) is 64.7. The maximum Gasteiger partial charge on any atom is 0.137 e. The fourth-order valence-electron chi connectivity index (χ4n) is 8.90. The molecule has 309 valence electrons. The number of benzene rings is 8. The Morgan fingerprint density at radius 1 is 0.476 bits per heavy atom. The normalized spacial score (nSPS) is 11.7. The van der Waals surface area contributed by atoms with Gasteiger partial charge in [-0.25, -0.2) is 0 Å². The maximum atomic E-state index is 6.33. The van der Waals surface area contributed by atoms with Gasteiger partial charge in [-0.2, -0.15) is 0 Å². The van der Waals surface area contributed by atoms with Gasteiger partial charge in [0.25, 0.3) is 0 Å². The van der Waals surface area contributed by atoms with E-state index in [4.69, 9.17) is 18.8 Å². The van der Waals surface area contributed by atoms with E-state index in [2.05, 4.69) is 140 Å². The summed E-state index contributed by atoms with van der Waals surface area (Å²) in [5, 5.41) is 4.36. The van der Waals surface area contributed by atoms with Crippen LogP contribution in [0.1, 0.15) is 50.7 Å². The first-order chi connectivity index (χ1) is 30.4. The van der Waals surface area contributed by atoms with E-state index in [-0.39, 0.29) is 20.1 Å². The molecule has 0 saturated carbocycles. The molecule has 1 radical (unpaired) electrons. The van der Waals surface area contributed by atoms with Gasteiger partial charge in [0.1, 0.15) is 16.7 Å². The van der Waals surface area contributed by atoms with E-state index in [1.54, 1.807) is 0 Å². The summed E-state index contributed by atoms with van der Waals surface area (Å²) in [5.74, 6) is 2.58. The fourth-order valence-corrected chi connectivity index (χ4v) is 8.90. The van der Waals surface area contributed by atoms with Crippen LogP contribution in [0.5, 0.6) is 0 Å². The molecule has 0 aliphatic heterocycles. The number of hydrogen-bond acceptors (Lipinski definition) is 4. The molecule has 0 aliphatic rings. The summed E-state index contributed by atoms with van der Waals surface area (Å²) >= 11 is 0. The van der Waals surface area contributed by atoms with E-state index < -0.39 is 0 Å². The molecule has 12 aromatic rings. The van der Waals surface area contributed by atoms with Crippen LogP contribution in [0, 0.1) is 12.1 Å². The summed E-state index contributed by atoms with van der Waals surface area (Å²) in [4.78, 5) is 10.0. The predicted octanol–water partition coefficient (Wildman–Crippen LogP) is 15.0. The number of fused-ring (bicyclic) bond motifs is 8. The Morgan fingerprint density at radius 2 is 1.06 bits per heavy atom. The number of aromatic nitrogens is 4. The average Bonchev–Trinajstić information content (AvgIpc) is 4.09. The summed E-state index contributed by atoms with van der Waals surface area (Å²) < 4.78 is 17.0. The van der Waals surface area contributed by atoms with Crippen molar-refractivity contribution in [3.8, 4) is 34.2 Å². The number of furan rings is 2. The smallest absolute Gasteiger partial charge is 0.137 e. The molecule has 0 unspecified atom stereocenters. The van der Waals surface area contributed by atoms with Gasteiger partial charge < -0.3 is 18.0 Å². The Labute approximate surface area is 378 Å². The maximum absolute atomic E-state index is 6.33. The minimum absolute atomic E-state index is 0. The van der Waals surface area contributed by atoms with Crippen molar-refractivity contribution in [1.82, 2.24) is 19.1 Å². The van der Waals surface area contributed by atoms with Gasteiger partial charge in [-0.05, 0) is 71.5 Å². The number of imidazole rings is 2. The van der Waals surface area contributed by atoms with Gasteiger partial charge in [-0.1, -0.05) is 118 Å². The summed E-state index contributed by atoms with van der Waals surface area (Å²) in [7, 11) is 0. The summed E-state index contributed by atoms with van der Waals surface area (Å²) in [6.45, 7) is 9.04. The van der Waals surface area contributed by atoms with Crippen molar-refractivity contribution in [1.29, 1.82) is 0 Å². The molecule has 4 heterocycles. The number of nitrogens with zero attached hydrogens (tertiary/aromatic N) is 4. The van der Waals surface area contributed by atoms with E-state index in [1.165, 1.54) is 16.8 Å². The van der Waals surface area contributed by atoms with Crippen LogP contribution in [-0.2, 0) is 20.1 Å². The van der Waals surface area contributed by atoms with E-state index in [9.17, 15) is 0 Å². The van der Waals surface area contributed by atoms with Gasteiger partial charge in [-0.3, -0.25) is 9.97 Å². The standard InChI is InChI=1S/C31H17N2O2.C25H25N2.Ir/c1-5-14-27-20(8-1)22-17-16-19(18-29(22)34-27)33-26-13-4-3-12-25(26)32-31(33)24-11-7-10-23-21-9-2-6-15-28(21)35-30(23)24;1-17(2)20-13-10-14-21(18(3)4)24(20)27-23-16-9-8-15-22(23)26-25(27)19-11-6-5-7-12-19;/h1-10,12-18H;5-11,13-18H,1-4H3;/q2*-1;. The van der Waals surface area contributed by atoms with Gasteiger partial charge in [0.2, 0.25) is 0 Å². The SMILES string of the molecule is CC(C)c1cccc(C(C)C)c1-n1c(-c2[c-]cccc2)nc2ccccc21.[Ir].[c-]1ccc2c(oc3ccccc32)c1-c1nc2ccccc2n1-c1ccc2c(c1)oc1ccccc12. The second kappa shape index (κ2) is 16.3. The molecule has 0 saturated heterocycles. The van der Waals surface area contributed by atoms with Gasteiger partial charge in [0, 0.05) is 53.7 Å². The third kappa shape index (κ3) is 6.85. The average molecular weight is 995 g/mol. The number of hydrogen-bond donors (Lipinski definition) is 0. The molecule has 0 fully saturated rings. The zero-order valence-corrected chi connectivity index (χ0v) is 37.7. The monoisotopic (exact) mass is 995 g/mol. The molecule has 4 aromatic heterocycles. The quantitative estimate of drug-likeness (QED) is 0.156. The number of rotatable bonds is 6. The van der Waals surface area contributed by atoms with Crippen molar-refractivity contribution in [2.45, 2.75) is 39.5 Å². The third-order valence-corrected chi connectivity index (χ3v) is 11.8. The molecule has 0 spiro atoms. The van der Waals surface area contributed by atoms with Crippen LogP contribution in [0.4, 0.5) is 0 Å². The molecular formula is C56H42IrN4O2-2. The predicted molar refractivity (Wildman–Crippen MR) is 253 cm³/mol. The molecule has 12 rings (SSSR count). The van der Waals surface area contributed by atoms with Gasteiger partial charge in [0.15, 0.2) is 0 Å². The molecule has 0 atom stereocenters. The Hall–Kier alpha value is -7.05. The van der Waals surface area contributed by atoms with Crippen molar-refractivity contribution in [2.24, 2.45) is 0 Å². The van der Waals surface area contributed by atoms with Crippen LogP contribution >= 0.6 is 0 Å². The van der Waals surface area contributed by atoms with Crippen LogP contribution in [0.25, 0.3) is 100 Å². The second-order valence-corrected chi connectivity index (χ2v) is 16.4.